The highest BCUT2D eigenvalue weighted by Crippen LogP contribution is 2.24. The molecule has 0 bridgehead atoms. The zero-order valence-electron chi connectivity index (χ0n) is 19.3. The molecule has 0 atom stereocenters. The number of benzene rings is 2. The van der Waals surface area contributed by atoms with Gasteiger partial charge >= 0.3 is 5.69 Å². The van der Waals surface area contributed by atoms with Crippen molar-refractivity contribution in [3.05, 3.63) is 86.7 Å². The molecule has 0 spiro atoms. The van der Waals surface area contributed by atoms with Crippen LogP contribution in [-0.4, -0.2) is 33.4 Å². The smallest absolute Gasteiger partial charge is 0.337 e. The lowest BCUT2D eigenvalue weighted by Crippen LogP contribution is -2.42. The predicted octanol–water partition coefficient (Wildman–Crippen LogP) is 3.53. The van der Waals surface area contributed by atoms with Gasteiger partial charge in [-0.15, -0.1) is 11.8 Å². The number of fused-ring (bicyclic) bond motifs is 1. The lowest BCUT2D eigenvalue weighted by molar-refractivity contribution is -0.116. The molecule has 0 aliphatic carbocycles. The number of amides is 1. The summed E-state index contributed by atoms with van der Waals surface area (Å²) in [4.78, 5) is 45.4. The van der Waals surface area contributed by atoms with Crippen LogP contribution >= 0.6 is 11.8 Å². The van der Waals surface area contributed by atoms with Crippen molar-refractivity contribution in [3.63, 3.8) is 0 Å². The lowest BCUT2D eigenvalue weighted by Gasteiger charge is -2.17. The summed E-state index contributed by atoms with van der Waals surface area (Å²) >= 11 is 1.55. The third-order valence-corrected chi connectivity index (χ3v) is 6.13. The molecule has 0 radical (unpaired) electrons. The SMILES string of the molecule is COc1ccccc1-n1c(=O)n(CC(=O)Nc2cccc(SC)c2)c(=O)c2c(C)cc(C)nc21. The highest BCUT2D eigenvalue weighted by Gasteiger charge is 2.21. The molecule has 0 fully saturated rings. The van der Waals surface area contributed by atoms with Crippen LogP contribution in [-0.2, 0) is 11.3 Å². The molecule has 0 aliphatic rings. The quantitative estimate of drug-likeness (QED) is 0.428. The Labute approximate surface area is 200 Å². The predicted molar refractivity (Wildman–Crippen MR) is 134 cm³/mol. The van der Waals surface area contributed by atoms with Gasteiger partial charge < -0.3 is 10.1 Å². The number of aryl methyl sites for hydroxylation is 2. The van der Waals surface area contributed by atoms with Crippen LogP contribution < -0.4 is 21.3 Å². The number of nitrogens with one attached hydrogen (secondary N) is 1. The second-order valence-corrected chi connectivity index (χ2v) is 8.62. The minimum atomic E-state index is -0.674. The van der Waals surface area contributed by atoms with Gasteiger partial charge in [0.25, 0.3) is 5.56 Å². The topological polar surface area (TPSA) is 95.2 Å². The summed E-state index contributed by atoms with van der Waals surface area (Å²) in [6.45, 7) is 3.14. The first-order chi connectivity index (χ1) is 16.3. The van der Waals surface area contributed by atoms with Crippen molar-refractivity contribution in [1.82, 2.24) is 14.1 Å². The van der Waals surface area contributed by atoms with E-state index in [9.17, 15) is 14.4 Å². The van der Waals surface area contributed by atoms with Crippen LogP contribution in [0.1, 0.15) is 11.3 Å². The van der Waals surface area contributed by atoms with Crippen molar-refractivity contribution in [2.75, 3.05) is 18.7 Å². The van der Waals surface area contributed by atoms with E-state index in [0.717, 1.165) is 9.46 Å². The summed E-state index contributed by atoms with van der Waals surface area (Å²) in [7, 11) is 1.50. The maximum atomic E-state index is 13.6. The molecule has 0 unspecified atom stereocenters. The van der Waals surface area contributed by atoms with Crippen LogP contribution in [0.15, 0.2) is 69.1 Å². The van der Waals surface area contributed by atoms with Gasteiger partial charge in [-0.25, -0.2) is 18.9 Å². The van der Waals surface area contributed by atoms with Crippen LogP contribution in [0, 0.1) is 13.8 Å². The number of para-hydroxylation sites is 2. The van der Waals surface area contributed by atoms with Crippen molar-refractivity contribution >= 4 is 34.4 Å². The highest BCUT2D eigenvalue weighted by atomic mass is 32.2. The Hall–Kier alpha value is -3.85. The summed E-state index contributed by atoms with van der Waals surface area (Å²) in [6, 6.07) is 16.1. The molecule has 0 saturated heterocycles. The van der Waals surface area contributed by atoms with E-state index >= 15 is 0 Å². The summed E-state index contributed by atoms with van der Waals surface area (Å²) in [5.41, 5.74) is 1.33. The molecule has 0 saturated carbocycles. The number of methoxy groups -OCH3 is 1. The molecular formula is C25H24N4O4S. The third kappa shape index (κ3) is 4.34. The van der Waals surface area contributed by atoms with Crippen molar-refractivity contribution in [2.45, 2.75) is 25.3 Å². The second kappa shape index (κ2) is 9.56. The van der Waals surface area contributed by atoms with Crippen molar-refractivity contribution in [2.24, 2.45) is 0 Å². The molecule has 1 N–H and O–H groups in total. The normalized spacial score (nSPS) is 10.9. The maximum absolute atomic E-state index is 13.6. The average molecular weight is 477 g/mol. The second-order valence-electron chi connectivity index (χ2n) is 7.74. The number of nitrogens with zero attached hydrogens (tertiary/aromatic N) is 3. The number of rotatable bonds is 6. The molecule has 0 aliphatic heterocycles. The molecule has 34 heavy (non-hydrogen) atoms. The molecule has 1 amide bonds. The van der Waals surface area contributed by atoms with Crippen LogP contribution in [0.25, 0.3) is 16.7 Å². The van der Waals surface area contributed by atoms with Gasteiger partial charge in [0.1, 0.15) is 12.3 Å². The van der Waals surface area contributed by atoms with Crippen molar-refractivity contribution < 1.29 is 9.53 Å². The Kier molecular flexibility index (Phi) is 6.56. The Balaban J connectivity index is 1.90. The summed E-state index contributed by atoms with van der Waals surface area (Å²) in [5, 5.41) is 3.04. The molecule has 2 heterocycles. The number of carbonyl (C=O) groups excluding carboxylic acids is 1. The zero-order valence-corrected chi connectivity index (χ0v) is 20.1. The molecule has 4 rings (SSSR count). The van der Waals surface area contributed by atoms with Crippen LogP contribution in [0.5, 0.6) is 5.75 Å². The van der Waals surface area contributed by atoms with E-state index in [2.05, 4.69) is 10.3 Å². The van der Waals surface area contributed by atoms with Gasteiger partial charge in [-0.2, -0.15) is 0 Å². The van der Waals surface area contributed by atoms with Crippen LogP contribution in [0.3, 0.4) is 0 Å². The molecule has 174 valence electrons. The fraction of sp³-hybridized carbons (Fsp3) is 0.200. The van der Waals surface area contributed by atoms with Crippen LogP contribution in [0.4, 0.5) is 5.69 Å². The molecule has 9 heteroatoms. The molecular weight excluding hydrogens is 452 g/mol. The minimum absolute atomic E-state index is 0.223. The molecule has 8 nitrogen and oxygen atoms in total. The number of aromatic nitrogens is 3. The first-order valence-corrected chi connectivity index (χ1v) is 11.8. The van der Waals surface area contributed by atoms with E-state index in [0.29, 0.717) is 28.4 Å². The van der Waals surface area contributed by atoms with Crippen LogP contribution in [0.2, 0.25) is 0 Å². The van der Waals surface area contributed by atoms with E-state index < -0.39 is 23.7 Å². The number of pyridine rings is 1. The van der Waals surface area contributed by atoms with Crippen molar-refractivity contribution in [1.29, 1.82) is 0 Å². The van der Waals surface area contributed by atoms with E-state index in [-0.39, 0.29) is 11.0 Å². The standard InChI is InChI=1S/C25H24N4O4S/c1-15-12-16(2)26-23-22(15)24(31)28(14-21(30)27-17-8-7-9-18(13-17)34-4)25(32)29(23)19-10-5-6-11-20(19)33-3/h5-13H,14H2,1-4H3,(H,27,30). The summed E-state index contributed by atoms with van der Waals surface area (Å²) < 4.78 is 7.73. The van der Waals surface area contributed by atoms with E-state index in [4.69, 9.17) is 4.74 Å². The first-order valence-electron chi connectivity index (χ1n) is 10.5. The third-order valence-electron chi connectivity index (χ3n) is 5.40. The van der Waals surface area contributed by atoms with Gasteiger partial charge in [-0.05, 0) is 62.1 Å². The fourth-order valence-electron chi connectivity index (χ4n) is 3.89. The number of carbonyl (C=O) groups is 1. The van der Waals surface area contributed by atoms with E-state index in [1.54, 1.807) is 62.0 Å². The summed E-state index contributed by atoms with van der Waals surface area (Å²) in [5.74, 6) is -0.0449. The number of anilines is 1. The fourth-order valence-corrected chi connectivity index (χ4v) is 4.35. The van der Waals surface area contributed by atoms with Gasteiger partial charge in [-0.1, -0.05) is 18.2 Å². The number of hydrogen-bond donors (Lipinski definition) is 1. The Morgan fingerprint density at radius 3 is 2.59 bits per heavy atom. The summed E-state index contributed by atoms with van der Waals surface area (Å²) in [6.07, 6.45) is 1.94. The van der Waals surface area contributed by atoms with Gasteiger partial charge in [0.05, 0.1) is 18.2 Å². The van der Waals surface area contributed by atoms with Crippen molar-refractivity contribution in [3.8, 4) is 11.4 Å². The monoisotopic (exact) mass is 476 g/mol. The largest absolute Gasteiger partial charge is 0.495 e. The molecule has 2 aromatic heterocycles. The number of thioether (sulfide) groups is 1. The lowest BCUT2D eigenvalue weighted by atomic mass is 10.1. The van der Waals surface area contributed by atoms with Gasteiger partial charge in [0.15, 0.2) is 5.65 Å². The van der Waals surface area contributed by atoms with Gasteiger partial charge in [-0.3, -0.25) is 9.59 Å². The highest BCUT2D eigenvalue weighted by molar-refractivity contribution is 7.98. The van der Waals surface area contributed by atoms with Gasteiger partial charge in [0.2, 0.25) is 5.91 Å². The van der Waals surface area contributed by atoms with E-state index in [1.165, 1.54) is 11.7 Å². The number of hydrogen-bond acceptors (Lipinski definition) is 6. The Bertz CT molecular complexity index is 1520. The van der Waals surface area contributed by atoms with Gasteiger partial charge in [0, 0.05) is 16.3 Å². The molecule has 2 aromatic carbocycles. The first kappa shape index (κ1) is 23.3. The number of ether oxygens (including phenoxy) is 1. The zero-order chi connectivity index (χ0) is 24.4. The minimum Gasteiger partial charge on any atom is -0.495 e. The maximum Gasteiger partial charge on any atom is 0.337 e. The average Bonchev–Trinajstić information content (AvgIpc) is 2.81. The Morgan fingerprint density at radius 2 is 1.85 bits per heavy atom. The molecule has 4 aromatic rings. The van der Waals surface area contributed by atoms with E-state index in [1.807, 2.05) is 24.5 Å². The Morgan fingerprint density at radius 1 is 1.09 bits per heavy atom.